The Labute approximate surface area is 422 Å². The summed E-state index contributed by atoms with van der Waals surface area (Å²) in [5.74, 6) is -0.764. The lowest BCUT2D eigenvalue weighted by Crippen LogP contribution is -2.37. The largest absolute Gasteiger partial charge is 0.465 e. The molecule has 4 heterocycles. The highest BCUT2D eigenvalue weighted by Crippen LogP contribution is 2.39. The molecule has 0 aliphatic carbocycles. The normalized spacial score (nSPS) is 24.2. The maximum atomic E-state index is 12.9. The predicted octanol–water partition coefficient (Wildman–Crippen LogP) is 15.4. The van der Waals surface area contributed by atoms with Crippen LogP contribution in [-0.2, 0) is 47.5 Å². The Bertz CT molecular complexity index is 1260. The maximum Gasteiger partial charge on any atom is 0.305 e. The Balaban J connectivity index is 1.03. The molecule has 4 saturated heterocycles. The van der Waals surface area contributed by atoms with E-state index < -0.39 is 5.41 Å². The van der Waals surface area contributed by atoms with E-state index in [0.29, 0.717) is 68.1 Å². The van der Waals surface area contributed by atoms with E-state index in [1.54, 1.807) is 0 Å². The highest BCUT2D eigenvalue weighted by Gasteiger charge is 2.47. The molecule has 0 bridgehead atoms. The van der Waals surface area contributed by atoms with Gasteiger partial charge in [0.2, 0.25) is 0 Å². The first-order chi connectivity index (χ1) is 33.7. The molecule has 0 aromatic rings. The fourth-order valence-corrected chi connectivity index (χ4v) is 10.3. The van der Waals surface area contributed by atoms with Gasteiger partial charge in [-0.05, 0) is 64.7 Å². The van der Waals surface area contributed by atoms with Gasteiger partial charge < -0.3 is 33.2 Å². The van der Waals surface area contributed by atoms with Crippen molar-refractivity contribution < 1.29 is 47.5 Å². The lowest BCUT2D eigenvalue weighted by molar-refractivity contribution is -0.160. The van der Waals surface area contributed by atoms with Crippen LogP contribution in [0, 0.1) is 5.41 Å². The summed E-state index contributed by atoms with van der Waals surface area (Å²) in [4.78, 5) is 38.6. The van der Waals surface area contributed by atoms with Gasteiger partial charge in [0.1, 0.15) is 19.8 Å². The predicted molar refractivity (Wildman–Crippen MR) is 277 cm³/mol. The molecule has 0 saturated carbocycles. The minimum Gasteiger partial charge on any atom is -0.465 e. The van der Waals surface area contributed by atoms with Crippen molar-refractivity contribution in [3.63, 3.8) is 0 Å². The first-order valence-electron chi connectivity index (χ1n) is 29.8. The molecule has 0 amide bonds. The Kier molecular flexibility index (Phi) is 32.1. The SMILES string of the molecule is CCCCCCCCC1OC1CCCCCCCC(=O)OCC(C)(COC(=O)CCCCCCCC1OC1CCCCCCCC)COC(=O)CCCCCCCC1OC1CC1OC1CCCCC. The Morgan fingerprint density at radius 1 is 0.319 bits per heavy atom. The first kappa shape index (κ1) is 59.8. The lowest BCUT2D eigenvalue weighted by Gasteiger charge is -2.28. The number of epoxide rings is 4. The smallest absolute Gasteiger partial charge is 0.305 e. The molecule has 0 radical (unpaired) electrons. The van der Waals surface area contributed by atoms with Crippen LogP contribution in [0.2, 0.25) is 0 Å². The Hall–Kier alpha value is -1.75. The average molecular weight is 975 g/mol. The number of hydrogen-bond acceptors (Lipinski definition) is 10. The van der Waals surface area contributed by atoms with Crippen molar-refractivity contribution in [2.24, 2.45) is 5.41 Å². The molecule has 8 unspecified atom stereocenters. The van der Waals surface area contributed by atoms with Crippen LogP contribution in [0.25, 0.3) is 0 Å². The van der Waals surface area contributed by atoms with E-state index >= 15 is 0 Å². The summed E-state index contributed by atoms with van der Waals surface area (Å²) >= 11 is 0. The van der Waals surface area contributed by atoms with Crippen molar-refractivity contribution in [2.75, 3.05) is 19.8 Å². The van der Waals surface area contributed by atoms with Crippen LogP contribution in [-0.4, -0.2) is 86.6 Å². The zero-order valence-electron chi connectivity index (χ0n) is 45.1. The van der Waals surface area contributed by atoms with E-state index in [9.17, 15) is 14.4 Å². The fraction of sp³-hybridized carbons (Fsp3) is 0.949. The van der Waals surface area contributed by atoms with Gasteiger partial charge in [0.15, 0.2) is 0 Å². The van der Waals surface area contributed by atoms with Gasteiger partial charge in [0.05, 0.1) is 54.2 Å². The van der Waals surface area contributed by atoms with E-state index in [0.717, 1.165) is 109 Å². The van der Waals surface area contributed by atoms with Gasteiger partial charge in [-0.25, -0.2) is 0 Å². The Morgan fingerprint density at radius 3 is 0.841 bits per heavy atom. The number of carbonyl (C=O) groups is 3. The summed E-state index contributed by atoms with van der Waals surface area (Å²) in [6.07, 6.45) is 48.2. The molecular formula is C59H106O10. The quantitative estimate of drug-likeness (QED) is 0.0251. The van der Waals surface area contributed by atoms with Crippen molar-refractivity contribution in [2.45, 2.75) is 333 Å². The maximum absolute atomic E-state index is 12.9. The monoisotopic (exact) mass is 975 g/mol. The molecule has 10 heteroatoms. The van der Waals surface area contributed by atoms with Crippen molar-refractivity contribution in [1.29, 1.82) is 0 Å². The van der Waals surface area contributed by atoms with Crippen molar-refractivity contribution in [3.05, 3.63) is 0 Å². The van der Waals surface area contributed by atoms with Crippen molar-refractivity contribution >= 4 is 17.9 Å². The van der Waals surface area contributed by atoms with Crippen molar-refractivity contribution in [3.8, 4) is 0 Å². The van der Waals surface area contributed by atoms with E-state index in [2.05, 4.69) is 20.8 Å². The second-order valence-electron chi connectivity index (χ2n) is 22.4. The lowest BCUT2D eigenvalue weighted by atomic mass is 9.94. The molecule has 4 fully saturated rings. The molecule has 4 rings (SSSR count). The van der Waals surface area contributed by atoms with Crippen LogP contribution >= 0.6 is 0 Å². The summed E-state index contributed by atoms with van der Waals surface area (Å²) in [6.45, 7) is 8.76. The first-order valence-corrected chi connectivity index (χ1v) is 29.8. The van der Waals surface area contributed by atoms with Crippen molar-refractivity contribution in [1.82, 2.24) is 0 Å². The van der Waals surface area contributed by atoms with E-state index in [-0.39, 0.29) is 37.7 Å². The molecule has 0 aromatic carbocycles. The van der Waals surface area contributed by atoms with Crippen LogP contribution in [0.15, 0.2) is 0 Å². The number of unbranched alkanes of at least 4 members (excludes halogenated alkanes) is 24. The van der Waals surface area contributed by atoms with Gasteiger partial charge in [-0.1, -0.05) is 194 Å². The summed E-state index contributed by atoms with van der Waals surface area (Å²) in [5.41, 5.74) is -0.819. The van der Waals surface area contributed by atoms with Crippen LogP contribution in [0.4, 0.5) is 0 Å². The third kappa shape index (κ3) is 30.1. The minimum atomic E-state index is -0.819. The highest BCUT2D eigenvalue weighted by atomic mass is 16.6. The standard InChI is InChI=1S/C59H106O10/c1-5-8-11-13-18-27-36-48-50(66-48)38-29-20-15-23-32-41-56(60)63-45-59(4,46-64-57(61)42-33-24-16-21-30-39-51-49(67-51)37-28-19-14-12-9-6-2)47-65-58(62)43-34-25-17-22-31-40-53-55(69-53)44-54-52(68-54)35-26-10-7-3/h48-55H,5-47H2,1-4H3. The second kappa shape index (κ2) is 37.1. The second-order valence-corrected chi connectivity index (χ2v) is 22.4. The molecule has 0 spiro atoms. The molecule has 4 aliphatic rings. The number of esters is 3. The molecule has 402 valence electrons. The Morgan fingerprint density at radius 2 is 0.536 bits per heavy atom. The van der Waals surface area contributed by atoms with Gasteiger partial charge in [0, 0.05) is 25.7 Å². The minimum absolute atomic E-state index is 0.0371. The summed E-state index contributed by atoms with van der Waals surface area (Å²) in [7, 11) is 0. The zero-order valence-corrected chi connectivity index (χ0v) is 45.1. The summed E-state index contributed by atoms with van der Waals surface area (Å²) < 4.78 is 40.9. The zero-order chi connectivity index (χ0) is 49.2. The molecule has 0 N–H and O–H groups in total. The summed E-state index contributed by atoms with van der Waals surface area (Å²) in [6, 6.07) is 0. The molecule has 0 aromatic heterocycles. The van der Waals surface area contributed by atoms with Gasteiger partial charge in [-0.15, -0.1) is 0 Å². The van der Waals surface area contributed by atoms with Gasteiger partial charge in [-0.3, -0.25) is 14.4 Å². The van der Waals surface area contributed by atoms with Crippen LogP contribution in [0.1, 0.15) is 285 Å². The molecular weight excluding hydrogens is 869 g/mol. The number of rotatable bonds is 50. The summed E-state index contributed by atoms with van der Waals surface area (Å²) in [5, 5.41) is 0. The molecule has 4 aliphatic heterocycles. The number of hydrogen-bond donors (Lipinski definition) is 0. The highest BCUT2D eigenvalue weighted by molar-refractivity contribution is 5.70. The number of carbonyl (C=O) groups excluding carboxylic acids is 3. The van der Waals surface area contributed by atoms with Gasteiger partial charge in [-0.2, -0.15) is 0 Å². The van der Waals surface area contributed by atoms with Gasteiger partial charge >= 0.3 is 17.9 Å². The van der Waals surface area contributed by atoms with Crippen LogP contribution in [0.5, 0.6) is 0 Å². The van der Waals surface area contributed by atoms with E-state index in [1.807, 2.05) is 6.92 Å². The van der Waals surface area contributed by atoms with Crippen LogP contribution in [0.3, 0.4) is 0 Å². The topological polar surface area (TPSA) is 129 Å². The number of ether oxygens (including phenoxy) is 7. The molecule has 10 nitrogen and oxygen atoms in total. The third-order valence-corrected chi connectivity index (χ3v) is 15.3. The van der Waals surface area contributed by atoms with Gasteiger partial charge in [0.25, 0.3) is 0 Å². The third-order valence-electron chi connectivity index (χ3n) is 15.3. The van der Waals surface area contributed by atoms with Crippen LogP contribution < -0.4 is 0 Å². The van der Waals surface area contributed by atoms with E-state index in [4.69, 9.17) is 33.2 Å². The van der Waals surface area contributed by atoms with E-state index in [1.165, 1.54) is 128 Å². The molecule has 69 heavy (non-hydrogen) atoms. The average Bonchev–Trinajstić information content (AvgIpc) is 4.17. The molecule has 8 atom stereocenters. The fourth-order valence-electron chi connectivity index (χ4n) is 10.3.